The van der Waals surface area contributed by atoms with Crippen molar-refractivity contribution in [1.29, 1.82) is 0 Å². The molecule has 118 valence electrons. The zero-order valence-electron chi connectivity index (χ0n) is 12.9. The molecular weight excluding hydrogens is 288 g/mol. The van der Waals surface area contributed by atoms with Crippen molar-refractivity contribution < 1.29 is 0 Å². The van der Waals surface area contributed by atoms with Crippen LogP contribution < -0.4 is 10.6 Å². The predicted octanol–water partition coefficient (Wildman–Crippen LogP) is 2.43. The average Bonchev–Trinajstić information content (AvgIpc) is 3.14. The van der Waals surface area contributed by atoms with Gasteiger partial charge in [0.15, 0.2) is 0 Å². The van der Waals surface area contributed by atoms with Gasteiger partial charge in [-0.15, -0.1) is 10.2 Å². The van der Waals surface area contributed by atoms with Crippen molar-refractivity contribution in [2.75, 3.05) is 25.0 Å². The molecule has 0 spiro atoms. The van der Waals surface area contributed by atoms with Crippen LogP contribution in [0.3, 0.4) is 0 Å². The molecule has 1 aliphatic rings. The zero-order valence-corrected chi connectivity index (χ0v) is 12.9. The van der Waals surface area contributed by atoms with Crippen LogP contribution in [0.2, 0.25) is 0 Å². The molecule has 0 saturated carbocycles. The van der Waals surface area contributed by atoms with Crippen LogP contribution in [0.4, 0.5) is 5.69 Å². The molecule has 2 aromatic carbocycles. The first-order chi connectivity index (χ1) is 11.4. The van der Waals surface area contributed by atoms with Gasteiger partial charge in [0.05, 0.1) is 0 Å². The smallest absolute Gasteiger partial charge is 0.206 e. The van der Waals surface area contributed by atoms with E-state index in [1.54, 1.807) is 0 Å². The summed E-state index contributed by atoms with van der Waals surface area (Å²) in [5.41, 5.74) is 2.06. The van der Waals surface area contributed by atoms with Crippen molar-refractivity contribution >= 4 is 16.5 Å². The van der Waals surface area contributed by atoms with Crippen molar-refractivity contribution in [2.24, 2.45) is 5.92 Å². The topological polar surface area (TPSA) is 78.5 Å². The number of piperidine rings is 1. The highest BCUT2D eigenvalue weighted by atomic mass is 15.5. The van der Waals surface area contributed by atoms with E-state index in [9.17, 15) is 0 Å². The lowest BCUT2D eigenvalue weighted by molar-refractivity contribution is 0.390. The fourth-order valence-corrected chi connectivity index (χ4v) is 3.19. The molecule has 0 radical (unpaired) electrons. The molecule has 0 bridgehead atoms. The molecule has 0 aliphatic carbocycles. The highest BCUT2D eigenvalue weighted by Gasteiger charge is 2.15. The first kappa shape index (κ1) is 14.1. The molecule has 23 heavy (non-hydrogen) atoms. The largest absolute Gasteiger partial charge is 0.384 e. The maximum absolute atomic E-state index is 4.15. The Labute approximate surface area is 134 Å². The van der Waals surface area contributed by atoms with E-state index in [2.05, 4.69) is 61.6 Å². The molecule has 6 heteroatoms. The van der Waals surface area contributed by atoms with E-state index in [1.165, 1.54) is 23.6 Å². The minimum absolute atomic E-state index is 0.628. The highest BCUT2D eigenvalue weighted by Crippen LogP contribution is 2.30. The molecule has 0 unspecified atom stereocenters. The summed E-state index contributed by atoms with van der Waals surface area (Å²) in [4.78, 5) is 0. The molecule has 1 saturated heterocycles. The van der Waals surface area contributed by atoms with Crippen molar-refractivity contribution in [2.45, 2.75) is 12.8 Å². The zero-order chi connectivity index (χ0) is 15.5. The third kappa shape index (κ3) is 3.03. The summed E-state index contributed by atoms with van der Waals surface area (Å²) in [5, 5.41) is 24.0. The molecule has 0 amide bonds. The van der Waals surface area contributed by atoms with E-state index in [0.29, 0.717) is 11.7 Å². The Bertz CT molecular complexity index is 777. The Morgan fingerprint density at radius 2 is 1.87 bits per heavy atom. The number of aromatic amines is 1. The predicted molar refractivity (Wildman–Crippen MR) is 91.2 cm³/mol. The molecule has 1 aliphatic heterocycles. The van der Waals surface area contributed by atoms with Gasteiger partial charge in [-0.05, 0) is 60.0 Å². The monoisotopic (exact) mass is 308 g/mol. The van der Waals surface area contributed by atoms with Crippen LogP contribution >= 0.6 is 0 Å². The highest BCUT2D eigenvalue weighted by molar-refractivity contribution is 5.93. The summed E-state index contributed by atoms with van der Waals surface area (Å²) in [6, 6.07) is 12.7. The van der Waals surface area contributed by atoms with Gasteiger partial charge in [-0.3, -0.25) is 0 Å². The molecule has 1 fully saturated rings. The van der Waals surface area contributed by atoms with Gasteiger partial charge in [0.1, 0.15) is 0 Å². The van der Waals surface area contributed by atoms with Gasteiger partial charge in [-0.1, -0.05) is 24.3 Å². The van der Waals surface area contributed by atoms with Crippen molar-refractivity contribution in [1.82, 2.24) is 25.9 Å². The van der Waals surface area contributed by atoms with Crippen molar-refractivity contribution in [3.8, 4) is 11.4 Å². The Morgan fingerprint density at radius 1 is 1.09 bits per heavy atom. The van der Waals surface area contributed by atoms with E-state index in [4.69, 9.17) is 0 Å². The number of benzene rings is 2. The molecule has 2 heterocycles. The number of H-pyrrole nitrogens is 1. The lowest BCUT2D eigenvalue weighted by Crippen LogP contribution is -2.31. The van der Waals surface area contributed by atoms with Crippen LogP contribution in [0.15, 0.2) is 36.4 Å². The van der Waals surface area contributed by atoms with Gasteiger partial charge in [0.2, 0.25) is 5.82 Å². The third-order valence-electron chi connectivity index (χ3n) is 4.51. The summed E-state index contributed by atoms with van der Waals surface area (Å²) in [6.07, 6.45) is 2.44. The minimum atomic E-state index is 0.628. The average molecular weight is 308 g/mol. The fraction of sp³-hybridized carbons (Fsp3) is 0.353. The Hall–Kier alpha value is -2.47. The number of tetrazole rings is 1. The minimum Gasteiger partial charge on any atom is -0.384 e. The number of anilines is 1. The Balaban J connectivity index is 1.66. The number of rotatable bonds is 4. The standard InChI is InChI=1S/C17H20N6/c1-2-4-14-10-16(19-11-12-5-7-18-8-6-12)15(9-13(14)3-1)17-20-22-23-21-17/h1-4,9-10,12,18-19H,5-8,11H2,(H,20,21,22,23). The van der Waals surface area contributed by atoms with Gasteiger partial charge in [-0.25, -0.2) is 0 Å². The molecule has 0 atom stereocenters. The van der Waals surface area contributed by atoms with Gasteiger partial charge < -0.3 is 10.6 Å². The normalized spacial score (nSPS) is 15.8. The maximum Gasteiger partial charge on any atom is 0.206 e. The number of nitrogens with one attached hydrogen (secondary N) is 3. The summed E-state index contributed by atoms with van der Waals surface area (Å²) >= 11 is 0. The van der Waals surface area contributed by atoms with Crippen molar-refractivity contribution in [3.05, 3.63) is 36.4 Å². The van der Waals surface area contributed by atoms with Gasteiger partial charge in [0.25, 0.3) is 0 Å². The number of nitrogens with zero attached hydrogens (tertiary/aromatic N) is 3. The lowest BCUT2D eigenvalue weighted by atomic mass is 9.97. The van der Waals surface area contributed by atoms with Crippen LogP contribution in [0, 0.1) is 5.92 Å². The summed E-state index contributed by atoms with van der Waals surface area (Å²) in [7, 11) is 0. The molecule has 1 aromatic heterocycles. The van der Waals surface area contributed by atoms with E-state index < -0.39 is 0 Å². The first-order valence-corrected chi connectivity index (χ1v) is 8.11. The Kier molecular flexibility index (Phi) is 3.90. The summed E-state index contributed by atoms with van der Waals surface area (Å²) < 4.78 is 0. The summed E-state index contributed by atoms with van der Waals surface area (Å²) in [5.74, 6) is 1.34. The van der Waals surface area contributed by atoms with Gasteiger partial charge >= 0.3 is 0 Å². The molecule has 3 N–H and O–H groups in total. The van der Waals surface area contributed by atoms with E-state index >= 15 is 0 Å². The molecular formula is C17H20N6. The van der Waals surface area contributed by atoms with Crippen molar-refractivity contribution in [3.63, 3.8) is 0 Å². The van der Waals surface area contributed by atoms with E-state index in [1.807, 2.05) is 6.07 Å². The van der Waals surface area contributed by atoms with Crippen LogP contribution in [0.5, 0.6) is 0 Å². The van der Waals surface area contributed by atoms with Crippen LogP contribution in [0.25, 0.3) is 22.2 Å². The van der Waals surface area contributed by atoms with Crippen LogP contribution in [-0.2, 0) is 0 Å². The fourth-order valence-electron chi connectivity index (χ4n) is 3.19. The summed E-state index contributed by atoms with van der Waals surface area (Å²) in [6.45, 7) is 3.20. The second-order valence-electron chi connectivity index (χ2n) is 6.05. The van der Waals surface area contributed by atoms with E-state index in [-0.39, 0.29) is 0 Å². The second-order valence-corrected chi connectivity index (χ2v) is 6.05. The lowest BCUT2D eigenvalue weighted by Gasteiger charge is -2.23. The Morgan fingerprint density at radius 3 is 2.61 bits per heavy atom. The number of fused-ring (bicyclic) bond motifs is 1. The molecule has 3 aromatic rings. The number of hydrogen-bond donors (Lipinski definition) is 3. The quantitative estimate of drug-likeness (QED) is 0.690. The maximum atomic E-state index is 4.15. The molecule has 6 nitrogen and oxygen atoms in total. The molecule has 4 rings (SSSR count). The first-order valence-electron chi connectivity index (χ1n) is 8.11. The van der Waals surface area contributed by atoms with Crippen LogP contribution in [-0.4, -0.2) is 40.3 Å². The SMILES string of the molecule is c1ccc2cc(-c3nn[nH]n3)c(NCC3CCNCC3)cc2c1. The van der Waals surface area contributed by atoms with Gasteiger partial charge in [0, 0.05) is 17.8 Å². The van der Waals surface area contributed by atoms with Gasteiger partial charge in [-0.2, -0.15) is 5.21 Å². The number of hydrogen-bond acceptors (Lipinski definition) is 5. The number of aromatic nitrogens is 4. The second kappa shape index (κ2) is 6.34. The van der Waals surface area contributed by atoms with Crippen LogP contribution in [0.1, 0.15) is 12.8 Å². The van der Waals surface area contributed by atoms with E-state index in [0.717, 1.165) is 30.9 Å². The third-order valence-corrected chi connectivity index (χ3v) is 4.51.